The molecule has 0 unspecified atom stereocenters. The zero-order chi connectivity index (χ0) is 19.2. The summed E-state index contributed by atoms with van der Waals surface area (Å²) in [6, 6.07) is 13.6. The summed E-state index contributed by atoms with van der Waals surface area (Å²) < 4.78 is 1.43. The second kappa shape index (κ2) is 8.09. The summed E-state index contributed by atoms with van der Waals surface area (Å²) in [6.45, 7) is 3.76. The summed E-state index contributed by atoms with van der Waals surface area (Å²) in [7, 11) is 0. The standard InChI is InChI=1S/C18H19N7O2/c1-12(2)20-18(27)22-14-9-7-13(8-10-14)21-17(26)15-5-3-4-6-16(15)25-11-19-23-24-25/h3-12H,1-2H3,(H,21,26)(H2,20,22,27). The Balaban J connectivity index is 1.70. The van der Waals surface area contributed by atoms with Crippen molar-refractivity contribution >= 4 is 23.3 Å². The van der Waals surface area contributed by atoms with Crippen molar-refractivity contribution in [2.45, 2.75) is 19.9 Å². The third-order valence-electron chi connectivity index (χ3n) is 3.56. The predicted octanol–water partition coefficient (Wildman–Crippen LogP) is 2.44. The Morgan fingerprint density at radius 3 is 2.26 bits per heavy atom. The fourth-order valence-electron chi connectivity index (χ4n) is 2.40. The minimum absolute atomic E-state index is 0.0452. The van der Waals surface area contributed by atoms with Gasteiger partial charge in [0, 0.05) is 17.4 Å². The maximum Gasteiger partial charge on any atom is 0.319 e. The zero-order valence-electron chi connectivity index (χ0n) is 14.9. The average molecular weight is 365 g/mol. The Labute approximate surface area is 155 Å². The number of aromatic nitrogens is 4. The van der Waals surface area contributed by atoms with E-state index < -0.39 is 0 Å². The van der Waals surface area contributed by atoms with Crippen LogP contribution < -0.4 is 16.0 Å². The number of urea groups is 1. The highest BCUT2D eigenvalue weighted by molar-refractivity contribution is 6.06. The average Bonchev–Trinajstić information content (AvgIpc) is 3.17. The van der Waals surface area contributed by atoms with Crippen molar-refractivity contribution in [3.05, 3.63) is 60.4 Å². The molecule has 2 aromatic carbocycles. The van der Waals surface area contributed by atoms with Gasteiger partial charge in [-0.15, -0.1) is 5.10 Å². The zero-order valence-corrected chi connectivity index (χ0v) is 14.9. The molecular formula is C18H19N7O2. The van der Waals surface area contributed by atoms with E-state index in [0.29, 0.717) is 22.6 Å². The fourth-order valence-corrected chi connectivity index (χ4v) is 2.40. The number of amides is 3. The second-order valence-electron chi connectivity index (χ2n) is 6.06. The smallest absolute Gasteiger partial charge is 0.319 e. The number of carbonyl (C=O) groups is 2. The number of nitrogens with zero attached hydrogens (tertiary/aromatic N) is 4. The summed E-state index contributed by atoms with van der Waals surface area (Å²) in [4.78, 5) is 24.4. The maximum absolute atomic E-state index is 12.6. The molecule has 0 spiro atoms. The molecule has 1 aromatic heterocycles. The first-order valence-corrected chi connectivity index (χ1v) is 8.34. The van der Waals surface area contributed by atoms with Crippen molar-refractivity contribution < 1.29 is 9.59 Å². The Morgan fingerprint density at radius 1 is 0.963 bits per heavy atom. The van der Waals surface area contributed by atoms with Gasteiger partial charge in [-0.2, -0.15) is 4.68 Å². The summed E-state index contributed by atoms with van der Waals surface area (Å²) >= 11 is 0. The molecule has 0 radical (unpaired) electrons. The monoisotopic (exact) mass is 365 g/mol. The highest BCUT2D eigenvalue weighted by atomic mass is 16.2. The van der Waals surface area contributed by atoms with Crippen molar-refractivity contribution in [2.75, 3.05) is 10.6 Å². The largest absolute Gasteiger partial charge is 0.336 e. The predicted molar refractivity (Wildman–Crippen MR) is 101 cm³/mol. The molecule has 27 heavy (non-hydrogen) atoms. The molecule has 9 heteroatoms. The first kappa shape index (κ1) is 18.1. The van der Waals surface area contributed by atoms with Gasteiger partial charge in [-0.1, -0.05) is 12.1 Å². The van der Waals surface area contributed by atoms with Crippen LogP contribution in [-0.2, 0) is 0 Å². The molecule has 0 fully saturated rings. The minimum atomic E-state index is -0.292. The van der Waals surface area contributed by atoms with Crippen LogP contribution in [0.3, 0.4) is 0 Å². The van der Waals surface area contributed by atoms with Crippen molar-refractivity contribution in [3.63, 3.8) is 0 Å². The number of hydrogen-bond acceptors (Lipinski definition) is 5. The van der Waals surface area contributed by atoms with E-state index in [1.807, 2.05) is 13.8 Å². The van der Waals surface area contributed by atoms with Crippen molar-refractivity contribution in [3.8, 4) is 5.69 Å². The summed E-state index contributed by atoms with van der Waals surface area (Å²) in [5, 5.41) is 19.3. The molecule has 3 N–H and O–H groups in total. The molecule has 9 nitrogen and oxygen atoms in total. The number of benzene rings is 2. The van der Waals surface area contributed by atoms with E-state index >= 15 is 0 Å². The van der Waals surface area contributed by atoms with Crippen molar-refractivity contribution in [1.29, 1.82) is 0 Å². The third kappa shape index (κ3) is 4.66. The molecule has 3 aromatic rings. The number of rotatable bonds is 5. The highest BCUT2D eigenvalue weighted by Crippen LogP contribution is 2.17. The molecule has 0 aliphatic heterocycles. The van der Waals surface area contributed by atoms with Crippen LogP contribution in [0.25, 0.3) is 5.69 Å². The van der Waals surface area contributed by atoms with Gasteiger partial charge in [-0.3, -0.25) is 4.79 Å². The summed E-state index contributed by atoms with van der Waals surface area (Å²) in [5.74, 6) is -0.292. The van der Waals surface area contributed by atoms with Crippen molar-refractivity contribution in [1.82, 2.24) is 25.5 Å². The quantitative estimate of drug-likeness (QED) is 0.643. The lowest BCUT2D eigenvalue weighted by Gasteiger charge is -2.12. The highest BCUT2D eigenvalue weighted by Gasteiger charge is 2.13. The number of nitrogens with one attached hydrogen (secondary N) is 3. The van der Waals surface area contributed by atoms with Gasteiger partial charge < -0.3 is 16.0 Å². The van der Waals surface area contributed by atoms with E-state index in [-0.39, 0.29) is 18.0 Å². The molecule has 0 atom stereocenters. The molecule has 138 valence electrons. The Bertz CT molecular complexity index is 921. The molecule has 0 bridgehead atoms. The van der Waals surface area contributed by atoms with E-state index in [1.165, 1.54) is 11.0 Å². The van der Waals surface area contributed by atoms with Crippen LogP contribution in [0.15, 0.2) is 54.9 Å². The minimum Gasteiger partial charge on any atom is -0.336 e. The summed E-state index contributed by atoms with van der Waals surface area (Å²) in [6.07, 6.45) is 1.43. The fraction of sp³-hybridized carbons (Fsp3) is 0.167. The molecule has 0 saturated carbocycles. The lowest BCUT2D eigenvalue weighted by atomic mass is 10.1. The van der Waals surface area contributed by atoms with Crippen molar-refractivity contribution in [2.24, 2.45) is 0 Å². The normalized spacial score (nSPS) is 10.5. The lowest BCUT2D eigenvalue weighted by Crippen LogP contribution is -2.34. The van der Waals surface area contributed by atoms with Gasteiger partial charge in [0.25, 0.3) is 5.91 Å². The van der Waals surface area contributed by atoms with E-state index in [2.05, 4.69) is 31.5 Å². The topological polar surface area (TPSA) is 114 Å². The van der Waals surface area contributed by atoms with E-state index in [1.54, 1.807) is 48.5 Å². The van der Waals surface area contributed by atoms with E-state index in [9.17, 15) is 9.59 Å². The van der Waals surface area contributed by atoms with E-state index in [4.69, 9.17) is 0 Å². The van der Waals surface area contributed by atoms with Gasteiger partial charge in [0.05, 0.1) is 11.3 Å². The Morgan fingerprint density at radius 2 is 1.63 bits per heavy atom. The molecule has 0 aliphatic rings. The van der Waals surface area contributed by atoms with E-state index in [0.717, 1.165) is 0 Å². The Hall–Kier alpha value is -3.75. The molecule has 0 aliphatic carbocycles. The Kier molecular flexibility index (Phi) is 5.41. The van der Waals surface area contributed by atoms with Gasteiger partial charge in [0.2, 0.25) is 0 Å². The molecule has 1 heterocycles. The SMILES string of the molecule is CC(C)NC(=O)Nc1ccc(NC(=O)c2ccccc2-n2cnnn2)cc1. The van der Waals surface area contributed by atoms with Gasteiger partial charge in [-0.05, 0) is 60.7 Å². The third-order valence-corrected chi connectivity index (χ3v) is 3.56. The lowest BCUT2D eigenvalue weighted by molar-refractivity contribution is 0.102. The summed E-state index contributed by atoms with van der Waals surface area (Å²) in [5.41, 5.74) is 2.23. The second-order valence-corrected chi connectivity index (χ2v) is 6.06. The van der Waals surface area contributed by atoms with Crippen LogP contribution in [0.5, 0.6) is 0 Å². The van der Waals surface area contributed by atoms with Crippen LogP contribution >= 0.6 is 0 Å². The van der Waals surface area contributed by atoms with Crippen LogP contribution in [0, 0.1) is 0 Å². The van der Waals surface area contributed by atoms with Crippen LogP contribution in [-0.4, -0.2) is 38.2 Å². The molecule has 3 rings (SSSR count). The molecule has 3 amide bonds. The number of para-hydroxylation sites is 1. The van der Waals surface area contributed by atoms with Gasteiger partial charge in [-0.25, -0.2) is 4.79 Å². The van der Waals surface area contributed by atoms with Gasteiger partial charge in [0.1, 0.15) is 6.33 Å². The van der Waals surface area contributed by atoms with Gasteiger partial charge in [0.15, 0.2) is 0 Å². The maximum atomic E-state index is 12.6. The number of tetrazole rings is 1. The number of anilines is 2. The molecular weight excluding hydrogens is 346 g/mol. The van der Waals surface area contributed by atoms with Gasteiger partial charge >= 0.3 is 6.03 Å². The number of carbonyl (C=O) groups excluding carboxylic acids is 2. The molecule has 0 saturated heterocycles. The van der Waals surface area contributed by atoms with Crippen LogP contribution in [0.1, 0.15) is 24.2 Å². The van der Waals surface area contributed by atoms with Crippen LogP contribution in [0.4, 0.5) is 16.2 Å². The first-order chi connectivity index (χ1) is 13.0. The van der Waals surface area contributed by atoms with Crippen LogP contribution in [0.2, 0.25) is 0 Å². The number of hydrogen-bond donors (Lipinski definition) is 3. The first-order valence-electron chi connectivity index (χ1n) is 8.34.